The molecule has 0 saturated carbocycles. The van der Waals surface area contributed by atoms with Crippen molar-refractivity contribution in [2.45, 2.75) is 20.4 Å². The maximum atomic E-state index is 12.6. The summed E-state index contributed by atoms with van der Waals surface area (Å²) >= 11 is 0. The lowest BCUT2D eigenvalue weighted by Crippen LogP contribution is -2.52. The van der Waals surface area contributed by atoms with Crippen molar-refractivity contribution in [1.29, 1.82) is 0 Å². The minimum absolute atomic E-state index is 0.478. The molecule has 2 aromatic rings. The van der Waals surface area contributed by atoms with Gasteiger partial charge in [0.25, 0.3) is 10.2 Å². The van der Waals surface area contributed by atoms with Gasteiger partial charge in [-0.05, 0) is 22.6 Å². The number of nitrogens with zero attached hydrogens (tertiary/aromatic N) is 7. The van der Waals surface area contributed by atoms with Gasteiger partial charge < -0.3 is 0 Å². The highest BCUT2D eigenvalue weighted by molar-refractivity contribution is 7.86. The van der Waals surface area contributed by atoms with Gasteiger partial charge in [0.2, 0.25) is 0 Å². The Morgan fingerprint density at radius 1 is 1.04 bits per heavy atom. The van der Waals surface area contributed by atoms with Crippen molar-refractivity contribution in [3.63, 3.8) is 0 Å². The Hall–Kier alpha value is -1.88. The van der Waals surface area contributed by atoms with Gasteiger partial charge in [0, 0.05) is 39.3 Å². The number of hydrogen-bond acceptors (Lipinski definition) is 6. The molecule has 26 heavy (non-hydrogen) atoms. The van der Waals surface area contributed by atoms with Crippen LogP contribution < -0.4 is 0 Å². The maximum absolute atomic E-state index is 12.6. The van der Waals surface area contributed by atoms with E-state index < -0.39 is 10.2 Å². The number of hydrogen-bond donors (Lipinski definition) is 0. The highest BCUT2D eigenvalue weighted by Gasteiger charge is 2.31. The molecule has 0 atom stereocenters. The average Bonchev–Trinajstić information content (AvgIpc) is 3.12. The van der Waals surface area contributed by atoms with E-state index in [2.05, 4.69) is 20.4 Å². The number of benzene rings is 1. The van der Waals surface area contributed by atoms with Crippen LogP contribution >= 0.6 is 0 Å². The second kappa shape index (κ2) is 8.21. The fourth-order valence-electron chi connectivity index (χ4n) is 3.11. The zero-order valence-electron chi connectivity index (χ0n) is 15.2. The summed E-state index contributed by atoms with van der Waals surface area (Å²) in [5.74, 6) is 0.747. The molecule has 0 aliphatic carbocycles. The second-order valence-electron chi connectivity index (χ2n) is 6.11. The molecule has 1 aromatic carbocycles. The first-order valence-electron chi connectivity index (χ1n) is 8.86. The van der Waals surface area contributed by atoms with E-state index in [0.717, 1.165) is 11.5 Å². The molecule has 1 aromatic heterocycles. The number of piperazine rings is 1. The molecule has 1 aliphatic heterocycles. The minimum atomic E-state index is -3.37. The van der Waals surface area contributed by atoms with Crippen LogP contribution in [-0.4, -0.2) is 81.4 Å². The summed E-state index contributed by atoms with van der Waals surface area (Å²) in [4.78, 5) is 2.18. The Morgan fingerprint density at radius 2 is 1.69 bits per heavy atom. The number of tetrazole rings is 1. The van der Waals surface area contributed by atoms with Gasteiger partial charge >= 0.3 is 0 Å². The van der Waals surface area contributed by atoms with Crippen LogP contribution in [0.5, 0.6) is 0 Å². The van der Waals surface area contributed by atoms with Gasteiger partial charge in [-0.1, -0.05) is 32.0 Å². The lowest BCUT2D eigenvalue weighted by molar-refractivity contribution is 0.171. The summed E-state index contributed by atoms with van der Waals surface area (Å²) in [5, 5.41) is 12.0. The monoisotopic (exact) mass is 379 g/mol. The zero-order valence-corrected chi connectivity index (χ0v) is 16.0. The van der Waals surface area contributed by atoms with Crippen molar-refractivity contribution < 1.29 is 8.42 Å². The Labute approximate surface area is 154 Å². The van der Waals surface area contributed by atoms with E-state index in [1.54, 1.807) is 8.99 Å². The van der Waals surface area contributed by atoms with E-state index in [4.69, 9.17) is 0 Å². The molecular formula is C16H25N7O2S. The van der Waals surface area contributed by atoms with Crippen LogP contribution in [0.25, 0.3) is 5.69 Å². The average molecular weight is 379 g/mol. The first-order chi connectivity index (χ1) is 12.6. The molecule has 0 bridgehead atoms. The highest BCUT2D eigenvalue weighted by Crippen LogP contribution is 2.14. The molecule has 9 nitrogen and oxygen atoms in total. The van der Waals surface area contributed by atoms with Crippen LogP contribution in [0.4, 0.5) is 0 Å². The number of para-hydroxylation sites is 1. The molecule has 0 unspecified atom stereocenters. The van der Waals surface area contributed by atoms with E-state index >= 15 is 0 Å². The zero-order chi connectivity index (χ0) is 18.6. The molecule has 0 radical (unpaired) electrons. The van der Waals surface area contributed by atoms with Gasteiger partial charge in [0.15, 0.2) is 5.82 Å². The summed E-state index contributed by atoms with van der Waals surface area (Å²) in [6, 6.07) is 9.74. The molecule has 142 valence electrons. The predicted molar refractivity (Wildman–Crippen MR) is 97.8 cm³/mol. The SMILES string of the molecule is CCN(CC)S(=O)(=O)N1CCN(Cc2nnnn2-c2ccccc2)CC1. The van der Waals surface area contributed by atoms with Gasteiger partial charge in [0.05, 0.1) is 12.2 Å². The Balaban J connectivity index is 1.63. The quantitative estimate of drug-likeness (QED) is 0.691. The van der Waals surface area contributed by atoms with Crippen molar-refractivity contribution in [3.8, 4) is 5.69 Å². The summed E-state index contributed by atoms with van der Waals surface area (Å²) in [6.07, 6.45) is 0. The summed E-state index contributed by atoms with van der Waals surface area (Å²) in [6.45, 7) is 7.56. The molecule has 10 heteroatoms. The summed E-state index contributed by atoms with van der Waals surface area (Å²) < 4.78 is 30.0. The second-order valence-corrected chi connectivity index (χ2v) is 8.04. The molecule has 0 spiro atoms. The third kappa shape index (κ3) is 3.93. The highest BCUT2D eigenvalue weighted by atomic mass is 32.2. The van der Waals surface area contributed by atoms with Crippen LogP contribution in [0.3, 0.4) is 0 Å². The Bertz CT molecular complexity index is 797. The third-order valence-corrected chi connectivity index (χ3v) is 6.78. The lowest BCUT2D eigenvalue weighted by Gasteiger charge is -2.35. The van der Waals surface area contributed by atoms with Gasteiger partial charge in [-0.2, -0.15) is 21.7 Å². The smallest absolute Gasteiger partial charge is 0.282 e. The van der Waals surface area contributed by atoms with Gasteiger partial charge in [-0.15, -0.1) is 5.10 Å². The van der Waals surface area contributed by atoms with Crippen molar-refractivity contribution in [3.05, 3.63) is 36.2 Å². The molecule has 1 fully saturated rings. The third-order valence-electron chi connectivity index (χ3n) is 4.59. The topological polar surface area (TPSA) is 87.5 Å². The summed E-state index contributed by atoms with van der Waals surface area (Å²) in [7, 11) is -3.37. The van der Waals surface area contributed by atoms with Crippen LogP contribution in [0.1, 0.15) is 19.7 Å². The van der Waals surface area contributed by atoms with Crippen molar-refractivity contribution in [2.24, 2.45) is 0 Å². The van der Waals surface area contributed by atoms with Crippen molar-refractivity contribution in [1.82, 2.24) is 33.7 Å². The largest absolute Gasteiger partial charge is 0.293 e. The first kappa shape index (κ1) is 18.9. The normalized spacial score (nSPS) is 17.0. The van der Waals surface area contributed by atoms with Gasteiger partial charge in [-0.3, -0.25) is 4.90 Å². The maximum Gasteiger partial charge on any atom is 0.282 e. The molecule has 1 saturated heterocycles. The summed E-state index contributed by atoms with van der Waals surface area (Å²) in [5.41, 5.74) is 0.912. The minimum Gasteiger partial charge on any atom is -0.293 e. The Morgan fingerprint density at radius 3 is 2.31 bits per heavy atom. The lowest BCUT2D eigenvalue weighted by atomic mass is 10.3. The molecule has 0 N–H and O–H groups in total. The van der Waals surface area contributed by atoms with Crippen LogP contribution in [0.15, 0.2) is 30.3 Å². The van der Waals surface area contributed by atoms with Gasteiger partial charge in [0.1, 0.15) is 0 Å². The van der Waals surface area contributed by atoms with E-state index in [0.29, 0.717) is 45.8 Å². The number of rotatable bonds is 7. The fourth-order valence-corrected chi connectivity index (χ4v) is 4.71. The van der Waals surface area contributed by atoms with Crippen molar-refractivity contribution >= 4 is 10.2 Å². The molecule has 0 amide bonds. The standard InChI is InChI=1S/C16H25N7O2S/c1-3-21(4-2)26(24,25)22-12-10-20(11-13-22)14-16-17-18-19-23(16)15-8-6-5-7-9-15/h5-9H,3-4,10-14H2,1-2H3. The molecule has 1 aliphatic rings. The van der Waals surface area contributed by atoms with Crippen molar-refractivity contribution in [2.75, 3.05) is 39.3 Å². The molecule has 2 heterocycles. The molecular weight excluding hydrogens is 354 g/mol. The van der Waals surface area contributed by atoms with Crippen LogP contribution in [-0.2, 0) is 16.8 Å². The van der Waals surface area contributed by atoms with E-state index in [1.165, 1.54) is 4.31 Å². The predicted octanol–water partition coefficient (Wildman–Crippen LogP) is 0.367. The first-order valence-corrected chi connectivity index (χ1v) is 10.3. The van der Waals surface area contributed by atoms with E-state index in [9.17, 15) is 8.42 Å². The van der Waals surface area contributed by atoms with Gasteiger partial charge in [-0.25, -0.2) is 0 Å². The van der Waals surface area contributed by atoms with E-state index in [-0.39, 0.29) is 0 Å². The molecule has 3 rings (SSSR count). The van der Waals surface area contributed by atoms with Crippen LogP contribution in [0, 0.1) is 0 Å². The van der Waals surface area contributed by atoms with Crippen LogP contribution in [0.2, 0.25) is 0 Å². The fraction of sp³-hybridized carbons (Fsp3) is 0.562. The Kier molecular flexibility index (Phi) is 5.97. The number of aromatic nitrogens is 4. The van der Waals surface area contributed by atoms with E-state index in [1.807, 2.05) is 44.2 Å².